The third-order valence-electron chi connectivity index (χ3n) is 4.98. The number of methoxy groups -OCH3 is 2. The molecule has 0 radical (unpaired) electrons. The van der Waals surface area contributed by atoms with Gasteiger partial charge in [0.05, 0.1) is 33.9 Å². The second kappa shape index (κ2) is 11.4. The Kier molecular flexibility index (Phi) is 8.35. The van der Waals surface area contributed by atoms with Gasteiger partial charge < -0.3 is 24.3 Å². The zero-order valence-electron chi connectivity index (χ0n) is 17.7. The maximum absolute atomic E-state index is 12.3. The number of hydrogen-bond acceptors (Lipinski definition) is 6. The highest BCUT2D eigenvalue weighted by molar-refractivity contribution is 5.78. The molecule has 3 rings (SSSR count). The van der Waals surface area contributed by atoms with Crippen LogP contribution in [0.3, 0.4) is 0 Å². The van der Waals surface area contributed by atoms with Crippen LogP contribution in [0.2, 0.25) is 0 Å². The minimum Gasteiger partial charge on any atom is -0.493 e. The number of benzene rings is 2. The molecule has 0 atom stereocenters. The zero-order chi connectivity index (χ0) is 21.2. The maximum atomic E-state index is 12.3. The molecule has 1 N–H and O–H groups in total. The lowest BCUT2D eigenvalue weighted by Crippen LogP contribution is -2.38. The van der Waals surface area contributed by atoms with Crippen LogP contribution in [0.1, 0.15) is 11.1 Å². The molecule has 0 bridgehead atoms. The molecule has 0 aliphatic carbocycles. The summed E-state index contributed by atoms with van der Waals surface area (Å²) >= 11 is 0. The summed E-state index contributed by atoms with van der Waals surface area (Å²) in [5.74, 6) is 2.02. The molecule has 0 aromatic heterocycles. The summed E-state index contributed by atoms with van der Waals surface area (Å²) in [7, 11) is 3.17. The average Bonchev–Trinajstić information content (AvgIpc) is 2.78. The average molecular weight is 415 g/mol. The monoisotopic (exact) mass is 414 g/mol. The van der Waals surface area contributed by atoms with Crippen LogP contribution in [0.25, 0.3) is 0 Å². The molecule has 1 saturated heterocycles. The van der Waals surface area contributed by atoms with Crippen LogP contribution in [-0.2, 0) is 22.5 Å². The molecule has 1 heterocycles. The lowest BCUT2D eigenvalue weighted by atomic mass is 10.1. The Labute approximate surface area is 177 Å². The summed E-state index contributed by atoms with van der Waals surface area (Å²) < 4.78 is 21.8. The number of rotatable bonds is 10. The number of carbonyl (C=O) groups is 1. The van der Waals surface area contributed by atoms with Crippen LogP contribution >= 0.6 is 0 Å². The first-order valence-electron chi connectivity index (χ1n) is 10.2. The summed E-state index contributed by atoms with van der Waals surface area (Å²) in [6.07, 6.45) is 0.274. The Morgan fingerprint density at radius 3 is 2.60 bits per heavy atom. The predicted octanol–water partition coefficient (Wildman–Crippen LogP) is 2.27. The van der Waals surface area contributed by atoms with Gasteiger partial charge in [0.1, 0.15) is 12.4 Å². The predicted molar refractivity (Wildman–Crippen MR) is 114 cm³/mol. The molecular formula is C23H30N2O5. The van der Waals surface area contributed by atoms with Crippen molar-refractivity contribution in [2.45, 2.75) is 13.0 Å². The summed E-state index contributed by atoms with van der Waals surface area (Å²) in [6.45, 7) is 5.46. The third kappa shape index (κ3) is 6.64. The summed E-state index contributed by atoms with van der Waals surface area (Å²) in [5, 5.41) is 2.96. The quantitative estimate of drug-likeness (QED) is 0.643. The Balaban J connectivity index is 1.44. The number of amides is 1. The van der Waals surface area contributed by atoms with Gasteiger partial charge in [0, 0.05) is 26.2 Å². The molecule has 1 aliphatic heterocycles. The van der Waals surface area contributed by atoms with Crippen LogP contribution in [0.15, 0.2) is 42.5 Å². The van der Waals surface area contributed by atoms with Gasteiger partial charge in [0.25, 0.3) is 0 Å². The molecule has 1 amide bonds. The Hall–Kier alpha value is -2.77. The van der Waals surface area contributed by atoms with Crippen molar-refractivity contribution in [1.82, 2.24) is 10.2 Å². The van der Waals surface area contributed by atoms with E-state index in [2.05, 4.69) is 10.2 Å². The van der Waals surface area contributed by atoms with Crippen molar-refractivity contribution in [3.05, 3.63) is 53.6 Å². The van der Waals surface area contributed by atoms with Gasteiger partial charge in [0.2, 0.25) is 5.91 Å². The normalized spacial score (nSPS) is 14.2. The van der Waals surface area contributed by atoms with E-state index in [9.17, 15) is 4.79 Å². The van der Waals surface area contributed by atoms with E-state index in [0.717, 1.165) is 49.7 Å². The van der Waals surface area contributed by atoms with E-state index in [0.29, 0.717) is 24.7 Å². The highest BCUT2D eigenvalue weighted by atomic mass is 16.5. The second-order valence-electron chi connectivity index (χ2n) is 7.09. The van der Waals surface area contributed by atoms with E-state index in [1.54, 1.807) is 20.3 Å². The number of hydrogen-bond donors (Lipinski definition) is 1. The fraction of sp³-hybridized carbons (Fsp3) is 0.435. The van der Waals surface area contributed by atoms with E-state index in [-0.39, 0.29) is 12.3 Å². The van der Waals surface area contributed by atoms with Gasteiger partial charge in [-0.3, -0.25) is 9.69 Å². The number of nitrogens with zero attached hydrogens (tertiary/aromatic N) is 1. The molecule has 0 saturated carbocycles. The van der Waals surface area contributed by atoms with Crippen molar-refractivity contribution in [1.29, 1.82) is 0 Å². The first kappa shape index (κ1) is 21.9. The second-order valence-corrected chi connectivity index (χ2v) is 7.09. The first-order valence-corrected chi connectivity index (χ1v) is 10.2. The van der Waals surface area contributed by atoms with Crippen molar-refractivity contribution in [3.63, 3.8) is 0 Å². The van der Waals surface area contributed by atoms with E-state index >= 15 is 0 Å². The molecular weight excluding hydrogens is 384 g/mol. The number of carbonyl (C=O) groups excluding carboxylic acids is 1. The van der Waals surface area contributed by atoms with Crippen molar-refractivity contribution in [3.8, 4) is 17.2 Å². The van der Waals surface area contributed by atoms with E-state index in [1.165, 1.54) is 0 Å². The molecule has 2 aromatic carbocycles. The number of ether oxygens (including phenoxy) is 4. The van der Waals surface area contributed by atoms with Crippen molar-refractivity contribution in [2.24, 2.45) is 0 Å². The summed E-state index contributed by atoms with van der Waals surface area (Å²) in [5.41, 5.74) is 1.87. The molecule has 30 heavy (non-hydrogen) atoms. The minimum atomic E-state index is -0.0548. The van der Waals surface area contributed by atoms with Crippen LogP contribution in [0.5, 0.6) is 17.2 Å². The molecule has 1 aliphatic rings. The molecule has 7 nitrogen and oxygen atoms in total. The molecule has 0 spiro atoms. The zero-order valence-corrected chi connectivity index (χ0v) is 17.7. The lowest BCUT2D eigenvalue weighted by molar-refractivity contribution is -0.120. The van der Waals surface area contributed by atoms with Gasteiger partial charge in [0.15, 0.2) is 11.5 Å². The topological polar surface area (TPSA) is 69.3 Å². The van der Waals surface area contributed by atoms with E-state index < -0.39 is 0 Å². The van der Waals surface area contributed by atoms with Gasteiger partial charge in [-0.2, -0.15) is 0 Å². The van der Waals surface area contributed by atoms with Crippen LogP contribution in [-0.4, -0.2) is 64.5 Å². The van der Waals surface area contributed by atoms with Gasteiger partial charge >= 0.3 is 0 Å². The van der Waals surface area contributed by atoms with Gasteiger partial charge in [-0.15, -0.1) is 0 Å². The summed E-state index contributed by atoms with van der Waals surface area (Å²) in [4.78, 5) is 14.7. The highest BCUT2D eigenvalue weighted by Gasteiger charge is 2.10. The van der Waals surface area contributed by atoms with Crippen LogP contribution in [0.4, 0.5) is 0 Å². The molecule has 7 heteroatoms. The van der Waals surface area contributed by atoms with E-state index in [1.807, 2.05) is 36.4 Å². The highest BCUT2D eigenvalue weighted by Crippen LogP contribution is 2.27. The molecule has 162 valence electrons. The first-order chi connectivity index (χ1) is 14.7. The van der Waals surface area contributed by atoms with Crippen molar-refractivity contribution in [2.75, 3.05) is 53.7 Å². The van der Waals surface area contributed by atoms with Crippen molar-refractivity contribution >= 4 is 5.91 Å². The maximum Gasteiger partial charge on any atom is 0.224 e. The fourth-order valence-electron chi connectivity index (χ4n) is 3.30. The molecule has 2 aromatic rings. The number of morpholine rings is 1. The fourth-order valence-corrected chi connectivity index (χ4v) is 3.30. The van der Waals surface area contributed by atoms with Crippen LogP contribution < -0.4 is 19.5 Å². The Morgan fingerprint density at radius 2 is 1.83 bits per heavy atom. The van der Waals surface area contributed by atoms with Crippen LogP contribution in [0, 0.1) is 0 Å². The lowest BCUT2D eigenvalue weighted by Gasteiger charge is -2.26. The van der Waals surface area contributed by atoms with Gasteiger partial charge in [-0.05, 0) is 35.4 Å². The number of nitrogens with one attached hydrogen (secondary N) is 1. The standard InChI is InChI=1S/C23H30N2O5/c1-27-21-7-6-18(15-22(21)28-2)16-23(26)24-17-19-4-3-5-20(14-19)30-13-10-25-8-11-29-12-9-25/h3-7,14-15H,8-13,16-17H2,1-2H3,(H,24,26). The Morgan fingerprint density at radius 1 is 1.03 bits per heavy atom. The minimum absolute atomic E-state index is 0.0548. The van der Waals surface area contributed by atoms with Crippen molar-refractivity contribution < 1.29 is 23.7 Å². The summed E-state index contributed by atoms with van der Waals surface area (Å²) in [6, 6.07) is 13.3. The molecule has 0 unspecified atom stereocenters. The van der Waals surface area contributed by atoms with Gasteiger partial charge in [-0.25, -0.2) is 0 Å². The smallest absolute Gasteiger partial charge is 0.224 e. The largest absolute Gasteiger partial charge is 0.493 e. The molecule has 1 fully saturated rings. The SMILES string of the molecule is COc1ccc(CC(=O)NCc2cccc(OCCN3CCOCC3)c2)cc1OC. The Bertz CT molecular complexity index is 821. The van der Waals surface area contributed by atoms with Gasteiger partial charge in [-0.1, -0.05) is 18.2 Å². The van der Waals surface area contributed by atoms with E-state index in [4.69, 9.17) is 18.9 Å². The third-order valence-corrected chi connectivity index (χ3v) is 4.98.